The van der Waals surface area contributed by atoms with Crippen molar-refractivity contribution in [3.05, 3.63) is 12.7 Å². The number of hydrogen-bond donors (Lipinski definition) is 1. The van der Waals surface area contributed by atoms with Gasteiger partial charge < -0.3 is 5.11 Å². The zero-order valence-corrected chi connectivity index (χ0v) is 8.16. The summed E-state index contributed by atoms with van der Waals surface area (Å²) in [5.41, 5.74) is 0. The molecule has 0 aromatic carbocycles. The van der Waals surface area contributed by atoms with Gasteiger partial charge in [0.1, 0.15) is 0 Å². The van der Waals surface area contributed by atoms with Crippen LogP contribution in [0.4, 0.5) is 0 Å². The molecule has 70 valence electrons. The van der Waals surface area contributed by atoms with E-state index in [1.54, 1.807) is 0 Å². The fraction of sp³-hybridized carbons (Fsp3) is 0.818. The number of aliphatic hydroxyl groups is 1. The Hall–Kier alpha value is -0.300. The monoisotopic (exact) mass is 168 g/mol. The molecule has 0 spiro atoms. The molecule has 0 aromatic heterocycles. The molecule has 1 aliphatic carbocycles. The van der Waals surface area contributed by atoms with E-state index in [0.717, 1.165) is 18.8 Å². The third-order valence-electron chi connectivity index (χ3n) is 3.15. The van der Waals surface area contributed by atoms with Gasteiger partial charge in [-0.2, -0.15) is 0 Å². The third kappa shape index (κ3) is 2.10. The van der Waals surface area contributed by atoms with Crippen LogP contribution in [0.5, 0.6) is 0 Å². The third-order valence-corrected chi connectivity index (χ3v) is 3.15. The Morgan fingerprint density at radius 1 is 1.42 bits per heavy atom. The first-order valence-corrected chi connectivity index (χ1v) is 4.95. The largest absolute Gasteiger partial charge is 0.393 e. The normalized spacial score (nSPS) is 36.8. The van der Waals surface area contributed by atoms with Crippen molar-refractivity contribution in [3.8, 4) is 0 Å². The molecule has 1 N–H and O–H groups in total. The van der Waals surface area contributed by atoms with E-state index in [9.17, 15) is 5.11 Å². The first-order valence-electron chi connectivity index (χ1n) is 4.95. The minimum Gasteiger partial charge on any atom is -0.393 e. The SMILES string of the molecule is C=C[C@@H]1CC[C@H](C(C)C)C[C@@H]1O. The molecular weight excluding hydrogens is 148 g/mol. The van der Waals surface area contributed by atoms with Crippen LogP contribution in [-0.4, -0.2) is 11.2 Å². The first kappa shape index (κ1) is 9.79. The first-order chi connectivity index (χ1) is 5.65. The van der Waals surface area contributed by atoms with Crippen LogP contribution in [-0.2, 0) is 0 Å². The van der Waals surface area contributed by atoms with Gasteiger partial charge >= 0.3 is 0 Å². The minimum atomic E-state index is -0.136. The number of aliphatic hydroxyl groups excluding tert-OH is 1. The van der Waals surface area contributed by atoms with E-state index in [1.807, 2.05) is 6.08 Å². The zero-order chi connectivity index (χ0) is 9.14. The van der Waals surface area contributed by atoms with Gasteiger partial charge in [0.05, 0.1) is 6.10 Å². The summed E-state index contributed by atoms with van der Waals surface area (Å²) in [5.74, 6) is 1.78. The van der Waals surface area contributed by atoms with Crippen molar-refractivity contribution in [2.75, 3.05) is 0 Å². The van der Waals surface area contributed by atoms with Crippen molar-refractivity contribution in [1.82, 2.24) is 0 Å². The van der Waals surface area contributed by atoms with E-state index in [2.05, 4.69) is 20.4 Å². The van der Waals surface area contributed by atoms with Crippen molar-refractivity contribution in [1.29, 1.82) is 0 Å². The number of hydrogen-bond acceptors (Lipinski definition) is 1. The maximum absolute atomic E-state index is 9.72. The van der Waals surface area contributed by atoms with E-state index in [1.165, 1.54) is 6.42 Å². The molecule has 0 heterocycles. The summed E-state index contributed by atoms with van der Waals surface area (Å²) in [6, 6.07) is 0. The molecule has 1 nitrogen and oxygen atoms in total. The van der Waals surface area contributed by atoms with Gasteiger partial charge in [-0.3, -0.25) is 0 Å². The summed E-state index contributed by atoms with van der Waals surface area (Å²) in [6.45, 7) is 8.23. The van der Waals surface area contributed by atoms with Crippen molar-refractivity contribution >= 4 is 0 Å². The molecule has 0 amide bonds. The topological polar surface area (TPSA) is 20.2 Å². The van der Waals surface area contributed by atoms with Gasteiger partial charge in [-0.1, -0.05) is 19.9 Å². The van der Waals surface area contributed by atoms with Gasteiger partial charge in [0.25, 0.3) is 0 Å². The molecule has 1 aliphatic rings. The molecule has 0 unspecified atom stereocenters. The Labute approximate surface area is 75.5 Å². The maximum Gasteiger partial charge on any atom is 0.0605 e. The standard InChI is InChI=1S/C11H20O/c1-4-9-5-6-10(8(2)3)7-11(9)12/h4,8-12H,1,5-7H2,2-3H3/t9-,10+,11+/m1/s1. The van der Waals surface area contributed by atoms with Gasteiger partial charge in [-0.15, -0.1) is 6.58 Å². The second-order valence-corrected chi connectivity index (χ2v) is 4.28. The highest BCUT2D eigenvalue weighted by Gasteiger charge is 2.28. The Kier molecular flexibility index (Phi) is 3.33. The highest BCUT2D eigenvalue weighted by atomic mass is 16.3. The molecule has 0 saturated heterocycles. The molecule has 0 aromatic rings. The Balaban J connectivity index is 2.45. The van der Waals surface area contributed by atoms with E-state index in [0.29, 0.717) is 11.8 Å². The van der Waals surface area contributed by atoms with Crippen molar-refractivity contribution in [3.63, 3.8) is 0 Å². The predicted molar refractivity (Wildman–Crippen MR) is 51.9 cm³/mol. The van der Waals surface area contributed by atoms with Crippen molar-refractivity contribution < 1.29 is 5.11 Å². The summed E-state index contributed by atoms with van der Waals surface area (Å²) in [7, 11) is 0. The van der Waals surface area contributed by atoms with Crippen LogP contribution in [0.3, 0.4) is 0 Å². The average Bonchev–Trinajstić information content (AvgIpc) is 2.04. The van der Waals surface area contributed by atoms with Gasteiger partial charge in [-0.25, -0.2) is 0 Å². The molecule has 1 rings (SSSR count). The Bertz CT molecular complexity index is 151. The lowest BCUT2D eigenvalue weighted by atomic mass is 9.75. The van der Waals surface area contributed by atoms with Crippen LogP contribution in [0.25, 0.3) is 0 Å². The summed E-state index contributed by atoms with van der Waals surface area (Å²) < 4.78 is 0. The van der Waals surface area contributed by atoms with Crippen LogP contribution in [0.15, 0.2) is 12.7 Å². The molecular formula is C11H20O. The molecule has 12 heavy (non-hydrogen) atoms. The second-order valence-electron chi connectivity index (χ2n) is 4.28. The molecule has 1 fully saturated rings. The molecule has 1 saturated carbocycles. The highest BCUT2D eigenvalue weighted by Crippen LogP contribution is 2.33. The molecule has 0 aliphatic heterocycles. The maximum atomic E-state index is 9.72. The zero-order valence-electron chi connectivity index (χ0n) is 8.16. The van der Waals surface area contributed by atoms with Gasteiger partial charge in [0.15, 0.2) is 0 Å². The van der Waals surface area contributed by atoms with Gasteiger partial charge in [0.2, 0.25) is 0 Å². The molecule has 0 radical (unpaired) electrons. The molecule has 1 heteroatoms. The van der Waals surface area contributed by atoms with E-state index in [-0.39, 0.29) is 6.10 Å². The fourth-order valence-electron chi connectivity index (χ4n) is 2.08. The minimum absolute atomic E-state index is 0.136. The smallest absolute Gasteiger partial charge is 0.0605 e. The van der Waals surface area contributed by atoms with Crippen LogP contribution >= 0.6 is 0 Å². The van der Waals surface area contributed by atoms with Crippen LogP contribution in [0.1, 0.15) is 33.1 Å². The lowest BCUT2D eigenvalue weighted by Gasteiger charge is -2.33. The van der Waals surface area contributed by atoms with E-state index < -0.39 is 0 Å². The van der Waals surface area contributed by atoms with E-state index in [4.69, 9.17) is 0 Å². The summed E-state index contributed by atoms with van der Waals surface area (Å²) in [5, 5.41) is 9.72. The highest BCUT2D eigenvalue weighted by molar-refractivity contribution is 4.90. The van der Waals surface area contributed by atoms with Crippen LogP contribution < -0.4 is 0 Å². The van der Waals surface area contributed by atoms with Gasteiger partial charge in [-0.05, 0) is 31.1 Å². The molecule has 3 atom stereocenters. The Morgan fingerprint density at radius 2 is 2.08 bits per heavy atom. The predicted octanol–water partition coefficient (Wildman–Crippen LogP) is 2.61. The molecule has 0 bridgehead atoms. The van der Waals surface area contributed by atoms with Crippen LogP contribution in [0, 0.1) is 17.8 Å². The van der Waals surface area contributed by atoms with Crippen molar-refractivity contribution in [2.45, 2.75) is 39.2 Å². The van der Waals surface area contributed by atoms with Gasteiger partial charge in [0, 0.05) is 5.92 Å². The summed E-state index contributed by atoms with van der Waals surface area (Å²) in [4.78, 5) is 0. The number of rotatable bonds is 2. The quantitative estimate of drug-likeness (QED) is 0.628. The Morgan fingerprint density at radius 3 is 2.50 bits per heavy atom. The lowest BCUT2D eigenvalue weighted by molar-refractivity contribution is 0.0529. The van der Waals surface area contributed by atoms with E-state index >= 15 is 0 Å². The summed E-state index contributed by atoms with van der Waals surface area (Å²) in [6.07, 6.45) is 5.11. The lowest BCUT2D eigenvalue weighted by Crippen LogP contribution is -2.30. The van der Waals surface area contributed by atoms with Crippen molar-refractivity contribution in [2.24, 2.45) is 17.8 Å². The van der Waals surface area contributed by atoms with Crippen LogP contribution in [0.2, 0.25) is 0 Å². The summed E-state index contributed by atoms with van der Waals surface area (Å²) >= 11 is 0. The second kappa shape index (κ2) is 4.08. The average molecular weight is 168 g/mol. The fourth-order valence-corrected chi connectivity index (χ4v) is 2.08.